The van der Waals surface area contributed by atoms with Gasteiger partial charge in [-0.3, -0.25) is 0 Å². The van der Waals surface area contributed by atoms with E-state index in [1.54, 1.807) is 13.8 Å². The molecule has 6 N–H and O–H groups in total. The van der Waals surface area contributed by atoms with Gasteiger partial charge in [0.1, 0.15) is 42.4 Å². The van der Waals surface area contributed by atoms with Crippen molar-refractivity contribution in [1.29, 1.82) is 0 Å². The van der Waals surface area contributed by atoms with Gasteiger partial charge in [-0.05, 0) is 105 Å². The number of hydrogen-bond acceptors (Lipinski definition) is 9. The summed E-state index contributed by atoms with van der Waals surface area (Å²) in [6.07, 6.45) is 0.672. The van der Waals surface area contributed by atoms with Crippen LogP contribution in [0.25, 0.3) is 0 Å². The molecule has 250 valence electrons. The van der Waals surface area contributed by atoms with Crippen molar-refractivity contribution in [2.45, 2.75) is 154 Å². The van der Waals surface area contributed by atoms with Crippen LogP contribution in [0.4, 0.5) is 0 Å². The first-order valence-corrected chi connectivity index (χ1v) is 17.2. The fourth-order valence-electron chi connectivity index (χ4n) is 12.6. The van der Waals surface area contributed by atoms with Gasteiger partial charge in [-0.25, -0.2) is 0 Å². The Balaban J connectivity index is 1.15. The van der Waals surface area contributed by atoms with E-state index in [9.17, 15) is 30.6 Å². The minimum absolute atomic E-state index is 0.0638. The molecule has 0 bridgehead atoms. The van der Waals surface area contributed by atoms with Crippen molar-refractivity contribution < 1.29 is 44.8 Å². The lowest BCUT2D eigenvalue weighted by molar-refractivity contribution is -0.303. The van der Waals surface area contributed by atoms with Crippen molar-refractivity contribution in [2.24, 2.45) is 44.8 Å². The summed E-state index contributed by atoms with van der Waals surface area (Å²) >= 11 is 0. The summed E-state index contributed by atoms with van der Waals surface area (Å²) < 4.78 is 18.6. The lowest BCUT2D eigenvalue weighted by Gasteiger charge is -2.63. The third-order valence-electron chi connectivity index (χ3n) is 15.0. The molecule has 9 nitrogen and oxygen atoms in total. The summed E-state index contributed by atoms with van der Waals surface area (Å²) in [6.45, 7) is 14.6. The lowest BCUT2D eigenvalue weighted by Crippen LogP contribution is -2.61. The summed E-state index contributed by atoms with van der Waals surface area (Å²) in [7, 11) is 0. The number of aliphatic hydroxyl groups is 6. The van der Waals surface area contributed by atoms with Gasteiger partial charge in [-0.2, -0.15) is 0 Å². The summed E-state index contributed by atoms with van der Waals surface area (Å²) in [4.78, 5) is 0. The maximum absolute atomic E-state index is 12.3. The smallest absolute Gasteiger partial charge is 0.186 e. The Labute approximate surface area is 262 Å². The third-order valence-corrected chi connectivity index (χ3v) is 15.0. The largest absolute Gasteiger partial charge is 0.489 e. The molecule has 9 heteroatoms. The van der Waals surface area contributed by atoms with Crippen molar-refractivity contribution in [2.75, 3.05) is 6.61 Å². The molecule has 1 saturated heterocycles. The molecular weight excluding hydrogens is 564 g/mol. The molecule has 7 aliphatic rings. The first-order chi connectivity index (χ1) is 20.4. The van der Waals surface area contributed by atoms with Gasteiger partial charge in [0.05, 0.1) is 18.3 Å². The van der Waals surface area contributed by atoms with E-state index in [0.29, 0.717) is 24.0 Å². The molecule has 1 unspecified atom stereocenters. The normalized spacial score (nSPS) is 55.1. The molecule has 5 fully saturated rings. The van der Waals surface area contributed by atoms with E-state index < -0.39 is 48.5 Å². The third kappa shape index (κ3) is 3.81. The van der Waals surface area contributed by atoms with Crippen molar-refractivity contribution in [3.05, 3.63) is 11.3 Å². The summed E-state index contributed by atoms with van der Waals surface area (Å²) in [5.41, 5.74) is -0.502. The Hall–Kier alpha value is -0.780. The van der Waals surface area contributed by atoms with Gasteiger partial charge in [-0.15, -0.1) is 0 Å². The molecule has 2 aliphatic heterocycles. The van der Waals surface area contributed by atoms with Gasteiger partial charge in [0, 0.05) is 10.8 Å². The highest BCUT2D eigenvalue weighted by atomic mass is 16.7. The number of aliphatic hydroxyl groups excluding tert-OH is 5. The number of hydrogen-bond donors (Lipinski definition) is 6. The number of rotatable bonds is 4. The van der Waals surface area contributed by atoms with Crippen LogP contribution in [0.1, 0.15) is 99.8 Å². The standard InChI is InChI=1S/C35H56O9/c1-17-14-19(27(39)31(4,5)41)43-26-23(17)32(6)12-13-35-16-34(35)11-10-22(44-29-25(38)24(37)18(36)15-42-29)30(2,3)20(34)8-9-21(35)33(32,7)28(26)40/h17-22,24-25,27-29,36-41H,8-16H2,1-7H3/t17-,18-,19-,20+,21+,22+,24+,25-,27-,28+,29+,32-,33-,34-,35?/m1/s1. The molecule has 0 aromatic carbocycles. The lowest BCUT2D eigenvalue weighted by atomic mass is 9.41. The van der Waals surface area contributed by atoms with E-state index in [4.69, 9.17) is 14.2 Å². The molecule has 44 heavy (non-hydrogen) atoms. The SMILES string of the molecule is C[C@@H]1C[C@H]([C@@H](O)C(C)(C)O)OC2=C1[C@@]1(C)CCC34C[C@@]35CC[C@H](O[C@@H]3OC[C@@H](O)[C@H](O)[C@H]3O)C(C)(C)[C@@H]5CC[C@H]4[C@]1(C)[C@H]2O. The van der Waals surface area contributed by atoms with Crippen LogP contribution in [0.5, 0.6) is 0 Å². The number of allylic oxidation sites excluding steroid dienone is 1. The molecular formula is C35H56O9. The van der Waals surface area contributed by atoms with Crippen LogP contribution in [0, 0.1) is 44.8 Å². The molecule has 0 aromatic rings. The Morgan fingerprint density at radius 3 is 2.25 bits per heavy atom. The molecule has 5 aliphatic carbocycles. The maximum atomic E-state index is 12.3. The van der Waals surface area contributed by atoms with Crippen LogP contribution in [-0.4, -0.2) is 91.9 Å². The zero-order valence-corrected chi connectivity index (χ0v) is 27.6. The summed E-state index contributed by atoms with van der Waals surface area (Å²) in [5.74, 6) is 1.57. The second-order valence-electron chi connectivity index (χ2n) is 17.6. The van der Waals surface area contributed by atoms with Crippen molar-refractivity contribution in [3.63, 3.8) is 0 Å². The van der Waals surface area contributed by atoms with Crippen LogP contribution in [0.2, 0.25) is 0 Å². The summed E-state index contributed by atoms with van der Waals surface area (Å²) in [6, 6.07) is 0. The minimum atomic E-state index is -1.30. The predicted octanol–water partition coefficient (Wildman–Crippen LogP) is 3.03. The Kier molecular flexibility index (Phi) is 6.97. The molecule has 2 spiro atoms. The van der Waals surface area contributed by atoms with E-state index in [-0.39, 0.29) is 45.7 Å². The van der Waals surface area contributed by atoms with Gasteiger partial charge in [0.25, 0.3) is 0 Å². The first-order valence-electron chi connectivity index (χ1n) is 17.2. The van der Waals surface area contributed by atoms with E-state index in [1.165, 1.54) is 12.0 Å². The Morgan fingerprint density at radius 1 is 0.909 bits per heavy atom. The van der Waals surface area contributed by atoms with E-state index >= 15 is 0 Å². The second kappa shape index (κ2) is 9.65. The highest BCUT2D eigenvalue weighted by Crippen LogP contribution is 2.89. The van der Waals surface area contributed by atoms with Crippen LogP contribution in [0.15, 0.2) is 11.3 Å². The van der Waals surface area contributed by atoms with E-state index in [1.807, 2.05) is 0 Å². The molecule has 4 saturated carbocycles. The van der Waals surface area contributed by atoms with Gasteiger partial charge in [0.15, 0.2) is 6.29 Å². The predicted molar refractivity (Wildman–Crippen MR) is 161 cm³/mol. The molecule has 15 atom stereocenters. The van der Waals surface area contributed by atoms with Crippen molar-refractivity contribution in [1.82, 2.24) is 0 Å². The van der Waals surface area contributed by atoms with Gasteiger partial charge < -0.3 is 44.8 Å². The zero-order chi connectivity index (χ0) is 32.0. The average Bonchev–Trinajstić information content (AvgIpc) is 3.58. The highest BCUT2D eigenvalue weighted by molar-refractivity contribution is 5.43. The zero-order valence-electron chi connectivity index (χ0n) is 27.6. The monoisotopic (exact) mass is 620 g/mol. The van der Waals surface area contributed by atoms with Crippen molar-refractivity contribution in [3.8, 4) is 0 Å². The van der Waals surface area contributed by atoms with Gasteiger partial charge in [0.2, 0.25) is 0 Å². The van der Waals surface area contributed by atoms with E-state index in [2.05, 4.69) is 34.6 Å². The van der Waals surface area contributed by atoms with E-state index in [0.717, 1.165) is 38.5 Å². The Morgan fingerprint density at radius 2 is 1.57 bits per heavy atom. The fourth-order valence-corrected chi connectivity index (χ4v) is 12.6. The van der Waals surface area contributed by atoms with Crippen LogP contribution in [-0.2, 0) is 14.2 Å². The minimum Gasteiger partial charge on any atom is -0.489 e. The average molecular weight is 621 g/mol. The number of fused-ring (bicyclic) bond motifs is 3. The molecule has 7 rings (SSSR count). The van der Waals surface area contributed by atoms with Crippen LogP contribution < -0.4 is 0 Å². The van der Waals surface area contributed by atoms with Gasteiger partial charge >= 0.3 is 0 Å². The fraction of sp³-hybridized carbons (Fsp3) is 0.943. The molecule has 0 radical (unpaired) electrons. The van der Waals surface area contributed by atoms with Crippen LogP contribution in [0.3, 0.4) is 0 Å². The topological polar surface area (TPSA) is 149 Å². The van der Waals surface area contributed by atoms with Crippen molar-refractivity contribution >= 4 is 0 Å². The summed E-state index contributed by atoms with van der Waals surface area (Å²) in [5, 5.41) is 64.6. The second-order valence-corrected chi connectivity index (χ2v) is 17.6. The Bertz CT molecular complexity index is 1210. The first kappa shape index (κ1) is 31.8. The molecule has 2 heterocycles. The highest BCUT2D eigenvalue weighted by Gasteiger charge is 2.83. The quantitative estimate of drug-likeness (QED) is 0.261. The molecule has 0 amide bonds. The number of ether oxygens (including phenoxy) is 3. The van der Waals surface area contributed by atoms with Gasteiger partial charge in [-0.1, -0.05) is 34.6 Å². The molecule has 0 aromatic heterocycles. The maximum Gasteiger partial charge on any atom is 0.186 e. The van der Waals surface area contributed by atoms with Crippen LogP contribution >= 0.6 is 0 Å².